The molecule has 2 aromatic rings. The minimum atomic E-state index is -1.24. The molecule has 1 atom stereocenters. The molecule has 0 aliphatic rings. The summed E-state index contributed by atoms with van der Waals surface area (Å²) in [6.45, 7) is 3.41. The fraction of sp³-hybridized carbons (Fsp3) is 0.231. The highest BCUT2D eigenvalue weighted by molar-refractivity contribution is 5.35. The number of hydrogen-bond acceptors (Lipinski definition) is 2. The lowest BCUT2D eigenvalue weighted by Crippen LogP contribution is -2.22. The van der Waals surface area contributed by atoms with Crippen LogP contribution in [0, 0.1) is 12.7 Å². The van der Waals surface area contributed by atoms with Crippen LogP contribution in [0.5, 0.6) is 0 Å². The lowest BCUT2D eigenvalue weighted by molar-refractivity contribution is 0.101. The maximum atomic E-state index is 13.3. The second kappa shape index (κ2) is 3.76. The quantitative estimate of drug-likeness (QED) is 0.844. The third-order valence-corrected chi connectivity index (χ3v) is 2.69. The van der Waals surface area contributed by atoms with E-state index >= 15 is 0 Å². The van der Waals surface area contributed by atoms with Crippen LogP contribution in [-0.4, -0.2) is 5.11 Å². The topological polar surface area (TPSA) is 33.4 Å². The molecule has 2 rings (SSSR count). The predicted octanol–water partition coefficient (Wildman–Crippen LogP) is 2.98. The number of furan rings is 1. The van der Waals surface area contributed by atoms with Gasteiger partial charge in [-0.25, -0.2) is 4.39 Å². The van der Waals surface area contributed by atoms with Crippen molar-refractivity contribution in [2.45, 2.75) is 19.4 Å². The molecule has 0 spiro atoms. The Bertz CT molecular complexity index is 466. The van der Waals surface area contributed by atoms with Gasteiger partial charge in [0.25, 0.3) is 0 Å². The first kappa shape index (κ1) is 10.9. The van der Waals surface area contributed by atoms with Crippen molar-refractivity contribution in [2.24, 2.45) is 0 Å². The van der Waals surface area contributed by atoms with Crippen LogP contribution in [0.15, 0.2) is 41.2 Å². The van der Waals surface area contributed by atoms with Crippen molar-refractivity contribution in [2.75, 3.05) is 0 Å². The summed E-state index contributed by atoms with van der Waals surface area (Å²) in [6.07, 6.45) is 2.94. The summed E-state index contributed by atoms with van der Waals surface area (Å²) in [6, 6.07) is 6.19. The van der Waals surface area contributed by atoms with Gasteiger partial charge in [0.05, 0.1) is 12.5 Å². The van der Waals surface area contributed by atoms with Crippen LogP contribution in [-0.2, 0) is 5.60 Å². The molecule has 84 valence electrons. The van der Waals surface area contributed by atoms with E-state index in [2.05, 4.69) is 0 Å². The van der Waals surface area contributed by atoms with Gasteiger partial charge in [0.15, 0.2) is 0 Å². The summed E-state index contributed by atoms with van der Waals surface area (Å²) in [5, 5.41) is 10.4. The molecular formula is C13H13FO2. The molecule has 0 radical (unpaired) electrons. The highest BCUT2D eigenvalue weighted by atomic mass is 19.1. The molecule has 0 fully saturated rings. The maximum absolute atomic E-state index is 13.3. The van der Waals surface area contributed by atoms with Crippen molar-refractivity contribution in [3.05, 3.63) is 59.3 Å². The Morgan fingerprint density at radius 2 is 2.00 bits per heavy atom. The van der Waals surface area contributed by atoms with E-state index in [0.29, 0.717) is 11.1 Å². The van der Waals surface area contributed by atoms with Gasteiger partial charge in [0.1, 0.15) is 11.4 Å². The second-order valence-corrected chi connectivity index (χ2v) is 4.10. The molecule has 0 saturated carbocycles. The van der Waals surface area contributed by atoms with Crippen LogP contribution in [0.4, 0.5) is 4.39 Å². The summed E-state index contributed by atoms with van der Waals surface area (Å²) in [5.41, 5.74) is 0.669. The van der Waals surface area contributed by atoms with Crippen molar-refractivity contribution in [3.8, 4) is 0 Å². The number of halogens is 1. The fourth-order valence-corrected chi connectivity index (χ4v) is 1.73. The third kappa shape index (κ3) is 1.86. The number of rotatable bonds is 2. The van der Waals surface area contributed by atoms with Gasteiger partial charge in [-0.1, -0.05) is 6.07 Å². The summed E-state index contributed by atoms with van der Waals surface area (Å²) >= 11 is 0. The van der Waals surface area contributed by atoms with Crippen LogP contribution in [0.1, 0.15) is 23.6 Å². The lowest BCUT2D eigenvalue weighted by Gasteiger charge is -2.22. The molecule has 0 amide bonds. The molecule has 1 aromatic carbocycles. The standard InChI is InChI=1S/C13H13FO2/c1-9-5-11(7-12(14)6-9)13(2,15)10-3-4-16-8-10/h3-8,15H,1-2H3. The fourth-order valence-electron chi connectivity index (χ4n) is 1.73. The molecule has 0 bridgehead atoms. The van der Waals surface area contributed by atoms with Crippen LogP contribution < -0.4 is 0 Å². The Morgan fingerprint density at radius 1 is 1.25 bits per heavy atom. The summed E-state index contributed by atoms with van der Waals surface area (Å²) in [5.74, 6) is -0.348. The van der Waals surface area contributed by atoms with Crippen molar-refractivity contribution < 1.29 is 13.9 Å². The number of hydrogen-bond donors (Lipinski definition) is 1. The average molecular weight is 220 g/mol. The van der Waals surface area contributed by atoms with Gasteiger partial charge in [-0.3, -0.25) is 0 Å². The maximum Gasteiger partial charge on any atom is 0.123 e. The Labute approximate surface area is 93.3 Å². The molecule has 0 saturated heterocycles. The van der Waals surface area contributed by atoms with Gasteiger partial charge < -0.3 is 9.52 Å². The molecule has 1 aromatic heterocycles. The molecule has 1 heterocycles. The molecule has 3 heteroatoms. The van der Waals surface area contributed by atoms with E-state index in [-0.39, 0.29) is 5.82 Å². The summed E-state index contributed by atoms with van der Waals surface area (Å²) < 4.78 is 18.2. The average Bonchev–Trinajstić information content (AvgIpc) is 2.69. The van der Waals surface area contributed by atoms with E-state index in [9.17, 15) is 9.50 Å². The zero-order chi connectivity index (χ0) is 11.8. The Hall–Kier alpha value is -1.61. The molecule has 0 aliphatic heterocycles. The molecule has 1 unspecified atom stereocenters. The predicted molar refractivity (Wildman–Crippen MR) is 58.5 cm³/mol. The van der Waals surface area contributed by atoms with Gasteiger partial charge in [0.2, 0.25) is 0 Å². The van der Waals surface area contributed by atoms with Crippen LogP contribution in [0.25, 0.3) is 0 Å². The van der Waals surface area contributed by atoms with Crippen molar-refractivity contribution >= 4 is 0 Å². The first-order valence-electron chi connectivity index (χ1n) is 5.03. The first-order chi connectivity index (χ1) is 7.50. The van der Waals surface area contributed by atoms with Gasteiger partial charge in [-0.2, -0.15) is 0 Å². The number of aliphatic hydroxyl groups is 1. The zero-order valence-electron chi connectivity index (χ0n) is 9.20. The van der Waals surface area contributed by atoms with Gasteiger partial charge in [-0.05, 0) is 43.2 Å². The van der Waals surface area contributed by atoms with Crippen LogP contribution >= 0.6 is 0 Å². The number of benzene rings is 1. The highest BCUT2D eigenvalue weighted by Crippen LogP contribution is 2.30. The van der Waals surface area contributed by atoms with Gasteiger partial charge >= 0.3 is 0 Å². The zero-order valence-corrected chi connectivity index (χ0v) is 9.20. The molecule has 1 N–H and O–H groups in total. The van der Waals surface area contributed by atoms with Crippen molar-refractivity contribution in [1.82, 2.24) is 0 Å². The Kier molecular flexibility index (Phi) is 2.56. The van der Waals surface area contributed by atoms with Crippen molar-refractivity contribution in [3.63, 3.8) is 0 Å². The largest absolute Gasteiger partial charge is 0.472 e. The van der Waals surface area contributed by atoms with E-state index in [1.807, 2.05) is 0 Å². The SMILES string of the molecule is Cc1cc(F)cc(C(C)(O)c2ccoc2)c1. The van der Waals surface area contributed by atoms with Gasteiger partial charge in [0, 0.05) is 5.56 Å². The van der Waals surface area contributed by atoms with E-state index in [1.54, 1.807) is 26.0 Å². The second-order valence-electron chi connectivity index (χ2n) is 4.10. The third-order valence-electron chi connectivity index (χ3n) is 2.69. The van der Waals surface area contributed by atoms with E-state index < -0.39 is 5.60 Å². The summed E-state index contributed by atoms with van der Waals surface area (Å²) in [7, 11) is 0. The van der Waals surface area contributed by atoms with Crippen LogP contribution in [0.2, 0.25) is 0 Å². The Morgan fingerprint density at radius 3 is 2.56 bits per heavy atom. The van der Waals surface area contributed by atoms with E-state index in [1.165, 1.54) is 24.7 Å². The number of aryl methyl sites for hydroxylation is 1. The normalized spacial score (nSPS) is 14.8. The van der Waals surface area contributed by atoms with Crippen LogP contribution in [0.3, 0.4) is 0 Å². The van der Waals surface area contributed by atoms with Gasteiger partial charge in [-0.15, -0.1) is 0 Å². The molecule has 2 nitrogen and oxygen atoms in total. The molecular weight excluding hydrogens is 207 g/mol. The summed E-state index contributed by atoms with van der Waals surface area (Å²) in [4.78, 5) is 0. The first-order valence-corrected chi connectivity index (χ1v) is 5.03. The van der Waals surface area contributed by atoms with E-state index in [4.69, 9.17) is 4.42 Å². The lowest BCUT2D eigenvalue weighted by atomic mass is 9.89. The Balaban J connectivity index is 2.51. The van der Waals surface area contributed by atoms with E-state index in [0.717, 1.165) is 5.56 Å². The molecule has 16 heavy (non-hydrogen) atoms. The monoisotopic (exact) mass is 220 g/mol. The minimum Gasteiger partial charge on any atom is -0.472 e. The molecule has 0 aliphatic carbocycles. The highest BCUT2D eigenvalue weighted by Gasteiger charge is 2.27. The van der Waals surface area contributed by atoms with Crippen molar-refractivity contribution in [1.29, 1.82) is 0 Å². The minimum absolute atomic E-state index is 0.348. The smallest absolute Gasteiger partial charge is 0.123 e.